The van der Waals surface area contributed by atoms with Crippen molar-refractivity contribution in [2.24, 2.45) is 0 Å². The van der Waals surface area contributed by atoms with E-state index < -0.39 is 0 Å². The molecule has 1 aliphatic rings. The van der Waals surface area contributed by atoms with Crippen LogP contribution < -0.4 is 5.32 Å². The van der Waals surface area contributed by atoms with Gasteiger partial charge in [0.1, 0.15) is 5.75 Å². The molecule has 0 aliphatic heterocycles. The molecular formula is C13H18INO. The molecule has 3 heteroatoms. The van der Waals surface area contributed by atoms with Crippen LogP contribution in [0.5, 0.6) is 5.75 Å². The third kappa shape index (κ3) is 2.07. The Morgan fingerprint density at radius 2 is 2.31 bits per heavy atom. The van der Waals surface area contributed by atoms with Crippen LogP contribution in [0.3, 0.4) is 0 Å². The lowest BCUT2D eigenvalue weighted by Crippen LogP contribution is -2.15. The Kier molecular flexibility index (Phi) is 3.74. The number of phenolic OH excluding ortho intramolecular Hbond substituents is 1. The van der Waals surface area contributed by atoms with Crippen molar-refractivity contribution in [1.29, 1.82) is 0 Å². The average Bonchev–Trinajstić information content (AvgIpc) is 2.25. The molecule has 0 radical (unpaired) electrons. The van der Waals surface area contributed by atoms with E-state index in [0.29, 0.717) is 11.7 Å². The zero-order valence-corrected chi connectivity index (χ0v) is 12.0. The second kappa shape index (κ2) is 4.92. The maximum Gasteiger partial charge on any atom is 0.133 e. The lowest BCUT2D eigenvalue weighted by molar-refractivity contribution is 0.456. The molecule has 0 amide bonds. The van der Waals surface area contributed by atoms with E-state index in [-0.39, 0.29) is 0 Å². The number of rotatable bonds is 2. The van der Waals surface area contributed by atoms with E-state index >= 15 is 0 Å². The highest BCUT2D eigenvalue weighted by molar-refractivity contribution is 14.1. The van der Waals surface area contributed by atoms with Gasteiger partial charge in [-0.2, -0.15) is 0 Å². The topological polar surface area (TPSA) is 32.3 Å². The first-order chi connectivity index (χ1) is 7.65. The van der Waals surface area contributed by atoms with Crippen molar-refractivity contribution in [3.05, 3.63) is 26.3 Å². The zero-order valence-electron chi connectivity index (χ0n) is 9.81. The fourth-order valence-electron chi connectivity index (χ4n) is 2.68. The summed E-state index contributed by atoms with van der Waals surface area (Å²) < 4.78 is 0.982. The molecule has 0 saturated carbocycles. The number of hydrogen-bond donors (Lipinski definition) is 2. The van der Waals surface area contributed by atoms with E-state index in [0.717, 1.165) is 22.1 Å². The highest BCUT2D eigenvalue weighted by Gasteiger charge is 2.23. The fraction of sp³-hybridized carbons (Fsp3) is 0.538. The maximum atomic E-state index is 10.2. The van der Waals surface area contributed by atoms with Crippen LogP contribution in [0.2, 0.25) is 0 Å². The van der Waals surface area contributed by atoms with Gasteiger partial charge in [-0.05, 0) is 72.0 Å². The van der Waals surface area contributed by atoms with Gasteiger partial charge in [-0.3, -0.25) is 0 Å². The molecular weight excluding hydrogens is 313 g/mol. The van der Waals surface area contributed by atoms with Gasteiger partial charge < -0.3 is 10.4 Å². The summed E-state index contributed by atoms with van der Waals surface area (Å²) in [5.74, 6) is 1.05. The lowest BCUT2D eigenvalue weighted by atomic mass is 9.81. The molecule has 0 heterocycles. The van der Waals surface area contributed by atoms with Crippen molar-refractivity contribution in [2.45, 2.75) is 38.6 Å². The molecule has 0 fully saturated rings. The Balaban J connectivity index is 2.58. The molecule has 1 aliphatic carbocycles. The van der Waals surface area contributed by atoms with Crippen LogP contribution in [0, 0.1) is 3.57 Å². The van der Waals surface area contributed by atoms with Crippen molar-refractivity contribution >= 4 is 22.6 Å². The number of nitrogens with one attached hydrogen (secondary N) is 1. The number of fused-ring (bicyclic) bond motifs is 1. The van der Waals surface area contributed by atoms with Crippen molar-refractivity contribution in [3.8, 4) is 5.75 Å². The summed E-state index contributed by atoms with van der Waals surface area (Å²) in [4.78, 5) is 0. The summed E-state index contributed by atoms with van der Waals surface area (Å²) in [7, 11) is 1.93. The molecule has 1 atom stereocenters. The second-order valence-electron chi connectivity index (χ2n) is 4.58. The highest BCUT2D eigenvalue weighted by atomic mass is 127. The Morgan fingerprint density at radius 3 is 3.00 bits per heavy atom. The van der Waals surface area contributed by atoms with E-state index in [4.69, 9.17) is 0 Å². The van der Waals surface area contributed by atoms with Gasteiger partial charge in [0.2, 0.25) is 0 Å². The summed E-state index contributed by atoms with van der Waals surface area (Å²) in [6.45, 7) is 3.03. The first-order valence-corrected chi connectivity index (χ1v) is 6.90. The van der Waals surface area contributed by atoms with Crippen LogP contribution in [0.4, 0.5) is 0 Å². The van der Waals surface area contributed by atoms with E-state index in [1.165, 1.54) is 24.0 Å². The van der Waals surface area contributed by atoms with Gasteiger partial charge in [0.25, 0.3) is 0 Å². The molecule has 1 aromatic carbocycles. The quantitative estimate of drug-likeness (QED) is 0.816. The van der Waals surface area contributed by atoms with Crippen molar-refractivity contribution in [3.63, 3.8) is 0 Å². The molecule has 1 unspecified atom stereocenters. The average molecular weight is 331 g/mol. The van der Waals surface area contributed by atoms with Gasteiger partial charge in [0.15, 0.2) is 0 Å². The molecule has 2 nitrogen and oxygen atoms in total. The molecule has 0 spiro atoms. The van der Waals surface area contributed by atoms with Gasteiger partial charge in [-0.1, -0.05) is 6.92 Å². The molecule has 0 bridgehead atoms. The molecule has 2 N–H and O–H groups in total. The molecule has 0 saturated heterocycles. The van der Waals surface area contributed by atoms with E-state index in [2.05, 4.69) is 40.9 Å². The summed E-state index contributed by atoms with van der Waals surface area (Å²) in [5, 5.41) is 13.3. The van der Waals surface area contributed by atoms with Gasteiger partial charge in [-0.15, -0.1) is 0 Å². The lowest BCUT2D eigenvalue weighted by Gasteiger charge is -2.26. The van der Waals surface area contributed by atoms with Crippen LogP contribution in [-0.2, 0) is 13.0 Å². The minimum Gasteiger partial charge on any atom is -0.506 e. The molecule has 2 rings (SSSR count). The summed E-state index contributed by atoms with van der Waals surface area (Å²) >= 11 is 2.23. The third-order valence-electron chi connectivity index (χ3n) is 3.41. The van der Waals surface area contributed by atoms with Crippen molar-refractivity contribution in [2.75, 3.05) is 7.05 Å². The molecule has 1 aromatic rings. The Labute approximate surface area is 111 Å². The number of halogens is 1. The number of phenols is 1. The van der Waals surface area contributed by atoms with E-state index in [1.54, 1.807) is 0 Å². The summed E-state index contributed by atoms with van der Waals surface area (Å²) in [6, 6.07) is 2.15. The smallest absolute Gasteiger partial charge is 0.133 e. The summed E-state index contributed by atoms with van der Waals surface area (Å²) in [6.07, 6.45) is 3.67. The van der Waals surface area contributed by atoms with Crippen LogP contribution >= 0.6 is 22.6 Å². The normalized spacial score (nSPS) is 19.6. The largest absolute Gasteiger partial charge is 0.506 e. The number of benzene rings is 1. The Morgan fingerprint density at radius 1 is 1.56 bits per heavy atom. The van der Waals surface area contributed by atoms with Gasteiger partial charge in [-0.25, -0.2) is 0 Å². The Bertz CT molecular complexity index is 403. The van der Waals surface area contributed by atoms with Crippen molar-refractivity contribution in [1.82, 2.24) is 5.32 Å². The van der Waals surface area contributed by atoms with Gasteiger partial charge in [0.05, 0.1) is 3.57 Å². The van der Waals surface area contributed by atoms with Crippen LogP contribution in [-0.4, -0.2) is 12.2 Å². The molecule has 0 aromatic heterocycles. The zero-order chi connectivity index (χ0) is 11.7. The molecule has 88 valence electrons. The SMILES string of the molecule is CNCc1c(O)c(I)cc2c1C(C)CCC2. The third-order valence-corrected chi connectivity index (χ3v) is 4.24. The van der Waals surface area contributed by atoms with Crippen molar-refractivity contribution < 1.29 is 5.11 Å². The van der Waals surface area contributed by atoms with Crippen LogP contribution in [0.1, 0.15) is 42.4 Å². The monoisotopic (exact) mass is 331 g/mol. The van der Waals surface area contributed by atoms with Gasteiger partial charge in [0, 0.05) is 12.1 Å². The second-order valence-corrected chi connectivity index (χ2v) is 5.74. The summed E-state index contributed by atoms with van der Waals surface area (Å²) in [5.41, 5.74) is 3.93. The number of hydrogen-bond acceptors (Lipinski definition) is 2. The minimum absolute atomic E-state index is 0.474. The Hall–Kier alpha value is -0.290. The first-order valence-electron chi connectivity index (χ1n) is 5.82. The fourth-order valence-corrected chi connectivity index (χ4v) is 3.39. The number of aromatic hydroxyl groups is 1. The van der Waals surface area contributed by atoms with Crippen LogP contribution in [0.15, 0.2) is 6.07 Å². The standard InChI is InChI=1S/C13H18INO/c1-8-4-3-5-9-6-11(14)13(16)10(7-15-2)12(8)9/h6,8,15-16H,3-5,7H2,1-2H3. The predicted molar refractivity (Wildman–Crippen MR) is 74.9 cm³/mol. The highest BCUT2D eigenvalue weighted by Crippen LogP contribution is 2.39. The van der Waals surface area contributed by atoms with Gasteiger partial charge >= 0.3 is 0 Å². The predicted octanol–water partition coefficient (Wildman–Crippen LogP) is 3.16. The molecule has 16 heavy (non-hydrogen) atoms. The maximum absolute atomic E-state index is 10.2. The van der Waals surface area contributed by atoms with E-state index in [9.17, 15) is 5.11 Å². The van der Waals surface area contributed by atoms with E-state index in [1.807, 2.05) is 7.05 Å². The first kappa shape index (κ1) is 12.2. The minimum atomic E-state index is 0.474. The van der Waals surface area contributed by atoms with Crippen LogP contribution in [0.25, 0.3) is 0 Å². The number of aryl methyl sites for hydroxylation is 1.